The lowest BCUT2D eigenvalue weighted by atomic mass is 10.2. The zero-order valence-electron chi connectivity index (χ0n) is 13.8. The number of hydrogen-bond acceptors (Lipinski definition) is 4. The van der Waals surface area contributed by atoms with E-state index in [4.69, 9.17) is 4.43 Å². The van der Waals surface area contributed by atoms with E-state index in [0.717, 1.165) is 5.75 Å². The van der Waals surface area contributed by atoms with E-state index in [1.54, 1.807) is 11.8 Å². The Kier molecular flexibility index (Phi) is 4.89. The van der Waals surface area contributed by atoms with Crippen molar-refractivity contribution >= 4 is 20.1 Å². The summed E-state index contributed by atoms with van der Waals surface area (Å²) in [5, 5.41) is 0.0849. The molecular formula is C15H24N2O3SSi. The third-order valence-electron chi connectivity index (χ3n) is 4.30. The molecule has 5 nitrogen and oxygen atoms in total. The first kappa shape index (κ1) is 17.3. The van der Waals surface area contributed by atoms with Gasteiger partial charge in [0.05, 0.1) is 6.10 Å². The maximum atomic E-state index is 11.8. The van der Waals surface area contributed by atoms with Gasteiger partial charge in [-0.25, -0.2) is 4.79 Å². The third-order valence-corrected chi connectivity index (χ3v) is 10.1. The Bertz CT molecular complexity index is 672. The van der Waals surface area contributed by atoms with Crippen molar-refractivity contribution in [2.75, 3.05) is 5.75 Å². The second-order valence-corrected chi connectivity index (χ2v) is 12.9. The van der Waals surface area contributed by atoms with Gasteiger partial charge < -0.3 is 4.43 Å². The Hall–Kier alpha value is -1.05. The average molecular weight is 341 g/mol. The van der Waals surface area contributed by atoms with Gasteiger partial charge >= 0.3 is 5.69 Å². The zero-order valence-corrected chi connectivity index (χ0v) is 15.6. The summed E-state index contributed by atoms with van der Waals surface area (Å²) in [5.74, 6) is 0.805. The Morgan fingerprint density at radius 3 is 2.50 bits per heavy atom. The molecule has 0 fully saturated rings. The fourth-order valence-electron chi connectivity index (χ4n) is 1.95. The van der Waals surface area contributed by atoms with E-state index in [9.17, 15) is 9.59 Å². The van der Waals surface area contributed by atoms with E-state index < -0.39 is 8.32 Å². The number of nitrogens with one attached hydrogen (secondary N) is 1. The van der Waals surface area contributed by atoms with Gasteiger partial charge in [0.1, 0.15) is 5.37 Å². The summed E-state index contributed by atoms with van der Waals surface area (Å²) in [4.78, 5) is 25.2. The normalized spacial score (nSPS) is 22.8. The summed E-state index contributed by atoms with van der Waals surface area (Å²) in [7, 11) is -1.79. The molecule has 1 aromatic heterocycles. The van der Waals surface area contributed by atoms with E-state index in [1.165, 1.54) is 16.8 Å². The minimum atomic E-state index is -1.79. The lowest BCUT2D eigenvalue weighted by Crippen LogP contribution is -2.44. The van der Waals surface area contributed by atoms with Gasteiger partial charge in [-0.1, -0.05) is 32.9 Å². The molecular weight excluding hydrogens is 316 g/mol. The first-order valence-electron chi connectivity index (χ1n) is 7.39. The Morgan fingerprint density at radius 2 is 2.00 bits per heavy atom. The molecule has 0 aliphatic carbocycles. The van der Waals surface area contributed by atoms with Gasteiger partial charge in [-0.3, -0.25) is 14.3 Å². The smallest absolute Gasteiger partial charge is 0.329 e. The number of aromatic amines is 1. The summed E-state index contributed by atoms with van der Waals surface area (Å²) in [5.41, 5.74) is -0.747. The fourth-order valence-corrected chi connectivity index (χ4v) is 4.44. The van der Waals surface area contributed by atoms with Crippen LogP contribution in [0.1, 0.15) is 26.1 Å². The molecule has 122 valence electrons. The molecule has 0 saturated heterocycles. The summed E-state index contributed by atoms with van der Waals surface area (Å²) in [6.45, 7) is 11.2. The molecule has 0 spiro atoms. The van der Waals surface area contributed by atoms with Gasteiger partial charge in [-0.15, -0.1) is 11.8 Å². The highest BCUT2D eigenvalue weighted by Crippen LogP contribution is 2.39. The molecule has 2 rings (SSSR count). The van der Waals surface area contributed by atoms with Crippen LogP contribution in [0.4, 0.5) is 0 Å². The number of hydrogen-bond donors (Lipinski definition) is 1. The van der Waals surface area contributed by atoms with Crippen LogP contribution in [-0.4, -0.2) is 29.7 Å². The van der Waals surface area contributed by atoms with Crippen molar-refractivity contribution in [3.63, 3.8) is 0 Å². The quantitative estimate of drug-likeness (QED) is 0.679. The predicted molar refractivity (Wildman–Crippen MR) is 94.0 cm³/mol. The van der Waals surface area contributed by atoms with Crippen LogP contribution in [0.25, 0.3) is 0 Å². The van der Waals surface area contributed by atoms with Crippen molar-refractivity contribution in [2.45, 2.75) is 50.4 Å². The van der Waals surface area contributed by atoms with Gasteiger partial charge in [-0.05, 0) is 18.1 Å². The van der Waals surface area contributed by atoms with Crippen LogP contribution in [0.2, 0.25) is 18.1 Å². The van der Waals surface area contributed by atoms with Crippen molar-refractivity contribution in [2.24, 2.45) is 0 Å². The van der Waals surface area contributed by atoms with Gasteiger partial charge in [0.15, 0.2) is 8.32 Å². The molecule has 0 radical (unpaired) electrons. The monoisotopic (exact) mass is 340 g/mol. The molecule has 0 bridgehead atoms. The number of aromatic nitrogens is 2. The summed E-state index contributed by atoms with van der Waals surface area (Å²) in [6, 6.07) is 1.37. The van der Waals surface area contributed by atoms with E-state index in [2.05, 4.69) is 38.8 Å². The minimum Gasteiger partial charge on any atom is -0.410 e. The number of H-pyrrole nitrogens is 1. The Morgan fingerprint density at radius 1 is 1.32 bits per heavy atom. The van der Waals surface area contributed by atoms with Crippen molar-refractivity contribution in [1.29, 1.82) is 0 Å². The SMILES string of the molecule is CC(C)(C)[Si](C)(C)O[C@@H]1C=C[C@@H](n2ccc(=O)[nH]c2=O)SC1. The number of nitrogens with zero attached hydrogens (tertiary/aromatic N) is 1. The summed E-state index contributed by atoms with van der Waals surface area (Å²) in [6.07, 6.45) is 5.64. The standard InChI is InChI=1S/C15H24N2O3SSi/c1-15(2,3)22(4,5)20-11-6-7-13(21-10-11)17-9-8-12(18)16-14(17)19/h6-9,11,13H,10H2,1-5H3,(H,16,18,19)/t11-,13+/m1/s1. The Labute approximate surface area is 135 Å². The fraction of sp³-hybridized carbons (Fsp3) is 0.600. The van der Waals surface area contributed by atoms with E-state index in [1.807, 2.05) is 12.2 Å². The highest BCUT2D eigenvalue weighted by Gasteiger charge is 2.39. The van der Waals surface area contributed by atoms with Gasteiger partial charge in [0, 0.05) is 18.0 Å². The second kappa shape index (κ2) is 6.21. The molecule has 1 aliphatic rings. The largest absolute Gasteiger partial charge is 0.410 e. The van der Waals surface area contributed by atoms with Crippen LogP contribution < -0.4 is 11.2 Å². The van der Waals surface area contributed by atoms with Crippen molar-refractivity contribution < 1.29 is 4.43 Å². The molecule has 0 saturated carbocycles. The van der Waals surface area contributed by atoms with Crippen LogP contribution in [0.5, 0.6) is 0 Å². The molecule has 7 heteroatoms. The second-order valence-electron chi connectivity index (χ2n) is 7.04. The van der Waals surface area contributed by atoms with Gasteiger partial charge in [-0.2, -0.15) is 0 Å². The topological polar surface area (TPSA) is 64.1 Å². The van der Waals surface area contributed by atoms with E-state index in [-0.39, 0.29) is 27.8 Å². The lowest BCUT2D eigenvalue weighted by Gasteiger charge is -2.39. The summed E-state index contributed by atoms with van der Waals surface area (Å²) < 4.78 is 7.90. The average Bonchev–Trinajstić information content (AvgIpc) is 2.38. The molecule has 1 aliphatic heterocycles. The first-order chi connectivity index (χ1) is 10.1. The highest BCUT2D eigenvalue weighted by atomic mass is 32.2. The molecule has 2 heterocycles. The molecule has 22 heavy (non-hydrogen) atoms. The number of thioether (sulfide) groups is 1. The molecule has 0 amide bonds. The highest BCUT2D eigenvalue weighted by molar-refractivity contribution is 7.99. The van der Waals surface area contributed by atoms with Crippen LogP contribution >= 0.6 is 11.8 Å². The van der Waals surface area contributed by atoms with E-state index in [0.29, 0.717) is 0 Å². The minimum absolute atomic E-state index is 0.0839. The van der Waals surface area contributed by atoms with Crippen LogP contribution in [0.15, 0.2) is 34.0 Å². The third kappa shape index (κ3) is 3.82. The Balaban J connectivity index is 2.10. The zero-order chi connectivity index (χ0) is 16.5. The predicted octanol–water partition coefficient (Wildman–Crippen LogP) is 2.73. The first-order valence-corrected chi connectivity index (χ1v) is 11.3. The molecule has 0 aromatic carbocycles. The van der Waals surface area contributed by atoms with Crippen LogP contribution in [0, 0.1) is 0 Å². The van der Waals surface area contributed by atoms with E-state index >= 15 is 0 Å². The van der Waals surface area contributed by atoms with Gasteiger partial charge in [0.2, 0.25) is 0 Å². The van der Waals surface area contributed by atoms with Crippen molar-refractivity contribution in [3.8, 4) is 0 Å². The molecule has 2 atom stereocenters. The summed E-state index contributed by atoms with van der Waals surface area (Å²) >= 11 is 1.65. The maximum Gasteiger partial charge on any atom is 0.329 e. The van der Waals surface area contributed by atoms with Crippen molar-refractivity contribution in [1.82, 2.24) is 9.55 Å². The number of rotatable bonds is 3. The van der Waals surface area contributed by atoms with Crippen molar-refractivity contribution in [3.05, 3.63) is 45.3 Å². The van der Waals surface area contributed by atoms with Crippen LogP contribution in [-0.2, 0) is 4.43 Å². The molecule has 0 unspecified atom stereocenters. The van der Waals surface area contributed by atoms with Crippen LogP contribution in [0.3, 0.4) is 0 Å². The maximum absolute atomic E-state index is 11.8. The molecule has 1 N–H and O–H groups in total. The molecule has 1 aromatic rings. The van der Waals surface area contributed by atoms with Gasteiger partial charge in [0.25, 0.3) is 5.56 Å². The lowest BCUT2D eigenvalue weighted by molar-refractivity contribution is 0.245.